The number of anilines is 1. The van der Waals surface area contributed by atoms with Crippen LogP contribution in [0.5, 0.6) is 5.88 Å². The molecule has 9 nitrogen and oxygen atoms in total. The summed E-state index contributed by atoms with van der Waals surface area (Å²) >= 11 is 0. The van der Waals surface area contributed by atoms with E-state index in [9.17, 15) is 14.7 Å². The van der Waals surface area contributed by atoms with Crippen LogP contribution in [0.2, 0.25) is 0 Å². The maximum Gasteiger partial charge on any atom is 0.294 e. The smallest absolute Gasteiger partial charge is 0.294 e. The van der Waals surface area contributed by atoms with Crippen molar-refractivity contribution in [1.29, 1.82) is 0 Å². The van der Waals surface area contributed by atoms with Crippen LogP contribution in [0.4, 0.5) is 5.69 Å². The second-order valence-corrected chi connectivity index (χ2v) is 8.70. The van der Waals surface area contributed by atoms with Crippen LogP contribution in [0.1, 0.15) is 38.3 Å². The third kappa shape index (κ3) is 3.86. The van der Waals surface area contributed by atoms with Crippen LogP contribution in [-0.2, 0) is 9.59 Å². The van der Waals surface area contributed by atoms with E-state index in [-0.39, 0.29) is 17.2 Å². The van der Waals surface area contributed by atoms with Gasteiger partial charge in [0.15, 0.2) is 11.5 Å². The predicted octanol–water partition coefficient (Wildman–Crippen LogP) is 3.96. The lowest BCUT2D eigenvalue weighted by Gasteiger charge is -2.29. The highest BCUT2D eigenvalue weighted by Crippen LogP contribution is 2.45. The van der Waals surface area contributed by atoms with Crippen molar-refractivity contribution >= 4 is 17.4 Å². The number of rotatable bonds is 5. The number of amides is 1. The molecule has 0 aliphatic carbocycles. The van der Waals surface area contributed by atoms with E-state index in [1.807, 2.05) is 0 Å². The third-order valence-corrected chi connectivity index (χ3v) is 5.35. The predicted molar refractivity (Wildman–Crippen MR) is 120 cm³/mol. The second kappa shape index (κ2) is 8.16. The normalized spacial score (nSPS) is 16.5. The number of ether oxygens (including phenoxy) is 1. The number of aryl methyl sites for hydroxylation is 1. The first kappa shape index (κ1) is 22.2. The number of aliphatic hydroxyl groups excluding tert-OH is 1. The number of carbonyl (C=O) groups is 2. The van der Waals surface area contributed by atoms with Gasteiger partial charge in [-0.2, -0.15) is 4.98 Å². The van der Waals surface area contributed by atoms with E-state index < -0.39 is 23.1 Å². The van der Waals surface area contributed by atoms with E-state index in [1.54, 1.807) is 70.3 Å². The highest BCUT2D eigenvalue weighted by Gasteiger charge is 2.47. The standard InChI is InChI=1S/C24H24N4O5/c1-13-26-21(27-33-13)14-8-10-15(11-9-14)28-18(16-7-6-12-25-22(16)32-5)17(19(29)23(28)31)20(30)24(2,3)4/h6-12,18,29H,1-5H3. The number of Topliss-reactive ketones (excluding diaryl/α,β-unsaturated/α-hetero) is 1. The number of ketones is 1. The fraction of sp³-hybridized carbons (Fsp3) is 0.292. The molecule has 1 unspecified atom stereocenters. The van der Waals surface area contributed by atoms with Gasteiger partial charge < -0.3 is 14.4 Å². The Bertz CT molecular complexity index is 1250. The number of aromatic nitrogens is 3. The van der Waals surface area contributed by atoms with Crippen molar-refractivity contribution in [3.05, 3.63) is 65.4 Å². The fourth-order valence-corrected chi connectivity index (χ4v) is 3.77. The molecule has 0 radical (unpaired) electrons. The first-order valence-electron chi connectivity index (χ1n) is 10.3. The van der Waals surface area contributed by atoms with Crippen LogP contribution in [0.15, 0.2) is 58.5 Å². The Kier molecular flexibility index (Phi) is 5.49. The quantitative estimate of drug-likeness (QED) is 0.623. The van der Waals surface area contributed by atoms with Crippen molar-refractivity contribution in [1.82, 2.24) is 15.1 Å². The van der Waals surface area contributed by atoms with Crippen LogP contribution >= 0.6 is 0 Å². The van der Waals surface area contributed by atoms with E-state index in [0.29, 0.717) is 28.5 Å². The first-order valence-corrected chi connectivity index (χ1v) is 10.3. The largest absolute Gasteiger partial charge is 0.503 e. The zero-order valence-electron chi connectivity index (χ0n) is 19.0. The summed E-state index contributed by atoms with van der Waals surface area (Å²) in [7, 11) is 1.46. The average Bonchev–Trinajstić information content (AvgIpc) is 3.34. The molecule has 1 atom stereocenters. The van der Waals surface area contributed by atoms with Crippen molar-refractivity contribution in [3.63, 3.8) is 0 Å². The number of pyridine rings is 1. The highest BCUT2D eigenvalue weighted by molar-refractivity contribution is 6.17. The van der Waals surface area contributed by atoms with Gasteiger partial charge in [-0.1, -0.05) is 25.9 Å². The lowest BCUT2D eigenvalue weighted by atomic mass is 9.82. The molecule has 0 spiro atoms. The molecule has 0 saturated carbocycles. The summed E-state index contributed by atoms with van der Waals surface area (Å²) in [6.45, 7) is 6.91. The molecule has 0 bridgehead atoms. The number of hydrogen-bond donors (Lipinski definition) is 1. The van der Waals surface area contributed by atoms with Crippen molar-refractivity contribution in [2.45, 2.75) is 33.7 Å². The molecule has 0 saturated heterocycles. The molecule has 4 rings (SSSR count). The average molecular weight is 448 g/mol. The molecule has 1 aliphatic rings. The molecule has 1 N–H and O–H groups in total. The molecule has 33 heavy (non-hydrogen) atoms. The lowest BCUT2D eigenvalue weighted by Crippen LogP contribution is -2.33. The number of aliphatic hydroxyl groups is 1. The number of nitrogens with zero attached hydrogens (tertiary/aromatic N) is 4. The topological polar surface area (TPSA) is 119 Å². The van der Waals surface area contributed by atoms with Gasteiger partial charge in [0.1, 0.15) is 6.04 Å². The van der Waals surface area contributed by atoms with Gasteiger partial charge in [0.05, 0.1) is 12.7 Å². The molecule has 3 heterocycles. The van der Waals surface area contributed by atoms with E-state index in [1.165, 1.54) is 12.0 Å². The number of carbonyl (C=O) groups excluding carboxylic acids is 2. The number of hydrogen-bond acceptors (Lipinski definition) is 8. The van der Waals surface area contributed by atoms with Gasteiger partial charge in [-0.25, -0.2) is 4.98 Å². The fourth-order valence-electron chi connectivity index (χ4n) is 3.77. The zero-order chi connectivity index (χ0) is 23.9. The van der Waals surface area contributed by atoms with Gasteiger partial charge in [0, 0.05) is 35.3 Å². The molecule has 2 aromatic heterocycles. The molecular weight excluding hydrogens is 424 g/mol. The van der Waals surface area contributed by atoms with Crippen molar-refractivity contribution in [3.8, 4) is 17.3 Å². The second-order valence-electron chi connectivity index (χ2n) is 8.70. The van der Waals surface area contributed by atoms with Crippen LogP contribution < -0.4 is 9.64 Å². The van der Waals surface area contributed by atoms with Gasteiger partial charge in [-0.05, 0) is 36.4 Å². The minimum absolute atomic E-state index is 0.0108. The SMILES string of the molecule is COc1ncccc1C1C(C(=O)C(C)(C)C)=C(O)C(=O)N1c1ccc(-c2noc(C)n2)cc1. The molecule has 0 fully saturated rings. The van der Waals surface area contributed by atoms with E-state index in [0.717, 1.165) is 0 Å². The van der Waals surface area contributed by atoms with Crippen LogP contribution in [0, 0.1) is 12.3 Å². The summed E-state index contributed by atoms with van der Waals surface area (Å²) in [4.78, 5) is 36.4. The summed E-state index contributed by atoms with van der Waals surface area (Å²) in [5, 5.41) is 14.7. The van der Waals surface area contributed by atoms with Crippen molar-refractivity contribution in [2.24, 2.45) is 5.41 Å². The van der Waals surface area contributed by atoms with E-state index in [2.05, 4.69) is 15.1 Å². The minimum Gasteiger partial charge on any atom is -0.503 e. The lowest BCUT2D eigenvalue weighted by molar-refractivity contribution is -0.123. The Morgan fingerprint density at radius 2 is 1.88 bits per heavy atom. The van der Waals surface area contributed by atoms with Crippen LogP contribution in [-0.4, -0.2) is 39.0 Å². The Morgan fingerprint density at radius 1 is 1.18 bits per heavy atom. The molecule has 3 aromatic rings. The molecule has 1 aromatic carbocycles. The molecular formula is C24H24N4O5. The summed E-state index contributed by atoms with van der Waals surface area (Å²) in [6.07, 6.45) is 1.56. The summed E-state index contributed by atoms with van der Waals surface area (Å²) in [5.41, 5.74) is 0.844. The van der Waals surface area contributed by atoms with Gasteiger partial charge in [0.25, 0.3) is 5.91 Å². The maximum atomic E-state index is 13.3. The third-order valence-electron chi connectivity index (χ3n) is 5.35. The Labute approximate surface area is 190 Å². The molecule has 1 aliphatic heterocycles. The Morgan fingerprint density at radius 3 is 2.45 bits per heavy atom. The summed E-state index contributed by atoms with van der Waals surface area (Å²) in [6, 6.07) is 9.39. The van der Waals surface area contributed by atoms with Gasteiger partial charge in [0.2, 0.25) is 17.6 Å². The zero-order valence-corrected chi connectivity index (χ0v) is 19.0. The first-order chi connectivity index (χ1) is 15.6. The van der Waals surface area contributed by atoms with Crippen molar-refractivity contribution in [2.75, 3.05) is 12.0 Å². The molecule has 170 valence electrons. The van der Waals surface area contributed by atoms with Crippen LogP contribution in [0.3, 0.4) is 0 Å². The number of methoxy groups -OCH3 is 1. The van der Waals surface area contributed by atoms with Gasteiger partial charge >= 0.3 is 0 Å². The van der Waals surface area contributed by atoms with Crippen molar-refractivity contribution < 1.29 is 24.0 Å². The van der Waals surface area contributed by atoms with Gasteiger partial charge in [-0.3, -0.25) is 14.5 Å². The van der Waals surface area contributed by atoms with Gasteiger partial charge in [-0.15, -0.1) is 0 Å². The number of benzene rings is 1. The molecule has 9 heteroatoms. The van der Waals surface area contributed by atoms with Crippen LogP contribution in [0.25, 0.3) is 11.4 Å². The minimum atomic E-state index is -0.911. The Balaban J connectivity index is 1.84. The van der Waals surface area contributed by atoms with E-state index in [4.69, 9.17) is 9.26 Å². The highest BCUT2D eigenvalue weighted by atomic mass is 16.5. The maximum absolute atomic E-state index is 13.3. The van der Waals surface area contributed by atoms with E-state index >= 15 is 0 Å². The Hall–Kier alpha value is -4.01. The summed E-state index contributed by atoms with van der Waals surface area (Å²) < 4.78 is 10.4. The monoisotopic (exact) mass is 448 g/mol. The summed E-state index contributed by atoms with van der Waals surface area (Å²) in [5.74, 6) is -0.488. The molecule has 1 amide bonds.